The maximum absolute atomic E-state index is 12.7. The molecule has 6 heteroatoms. The second kappa shape index (κ2) is 7.60. The van der Waals surface area contributed by atoms with Gasteiger partial charge in [-0.2, -0.15) is 0 Å². The minimum atomic E-state index is -0.395. The Hall–Kier alpha value is -3.54. The van der Waals surface area contributed by atoms with Gasteiger partial charge < -0.3 is 19.5 Å². The van der Waals surface area contributed by atoms with E-state index in [1.165, 1.54) is 0 Å². The summed E-state index contributed by atoms with van der Waals surface area (Å²) in [5.74, 6) is 0.0758. The van der Waals surface area contributed by atoms with E-state index < -0.39 is 5.92 Å². The van der Waals surface area contributed by atoms with Crippen molar-refractivity contribution in [2.24, 2.45) is 5.92 Å². The highest BCUT2D eigenvalue weighted by Gasteiger charge is 2.35. The molecule has 3 aromatic rings. The van der Waals surface area contributed by atoms with Crippen molar-refractivity contribution < 1.29 is 14.3 Å². The molecule has 6 nitrogen and oxygen atoms in total. The fourth-order valence-electron chi connectivity index (χ4n) is 3.41. The Labute approximate surface area is 163 Å². The highest BCUT2D eigenvalue weighted by atomic mass is 16.5. The van der Waals surface area contributed by atoms with Crippen molar-refractivity contribution in [1.82, 2.24) is 4.57 Å². The lowest BCUT2D eigenvalue weighted by atomic mass is 10.1. The summed E-state index contributed by atoms with van der Waals surface area (Å²) in [5.41, 5.74) is 2.42. The summed E-state index contributed by atoms with van der Waals surface area (Å²) in [6, 6.07) is 18.8. The van der Waals surface area contributed by atoms with E-state index >= 15 is 0 Å². The molecule has 1 atom stereocenters. The molecule has 0 saturated carbocycles. The number of hydrogen-bond donors (Lipinski definition) is 1. The first-order chi connectivity index (χ1) is 13.6. The van der Waals surface area contributed by atoms with E-state index in [2.05, 4.69) is 5.32 Å². The minimum absolute atomic E-state index is 0.0607. The molecule has 142 valence electrons. The molecule has 2 amide bonds. The normalized spacial score (nSPS) is 16.2. The van der Waals surface area contributed by atoms with Crippen LogP contribution >= 0.6 is 0 Å². The van der Waals surface area contributed by atoms with Gasteiger partial charge in [0.15, 0.2) is 0 Å². The third kappa shape index (κ3) is 3.62. The average molecular weight is 375 g/mol. The lowest BCUT2D eigenvalue weighted by molar-refractivity contribution is -0.122. The van der Waals surface area contributed by atoms with Gasteiger partial charge in [-0.15, -0.1) is 0 Å². The number of aromatic nitrogens is 1. The summed E-state index contributed by atoms with van der Waals surface area (Å²) in [5, 5.41) is 2.95. The number of hydrogen-bond acceptors (Lipinski definition) is 3. The van der Waals surface area contributed by atoms with Gasteiger partial charge in [-0.1, -0.05) is 12.1 Å². The van der Waals surface area contributed by atoms with Crippen molar-refractivity contribution in [3.8, 4) is 11.4 Å². The predicted octanol–water partition coefficient (Wildman–Crippen LogP) is 3.48. The van der Waals surface area contributed by atoms with E-state index in [4.69, 9.17) is 4.74 Å². The number of nitrogens with zero attached hydrogens (tertiary/aromatic N) is 2. The third-order valence-corrected chi connectivity index (χ3v) is 4.88. The largest absolute Gasteiger partial charge is 0.497 e. The zero-order valence-electron chi connectivity index (χ0n) is 15.5. The van der Waals surface area contributed by atoms with Crippen LogP contribution in [0.1, 0.15) is 6.42 Å². The van der Waals surface area contributed by atoms with E-state index in [9.17, 15) is 9.59 Å². The molecule has 1 unspecified atom stereocenters. The Morgan fingerprint density at radius 3 is 2.57 bits per heavy atom. The molecule has 1 aliphatic rings. The molecule has 1 N–H and O–H groups in total. The highest BCUT2D eigenvalue weighted by molar-refractivity contribution is 6.03. The number of anilines is 2. The van der Waals surface area contributed by atoms with Crippen molar-refractivity contribution >= 4 is 23.2 Å². The van der Waals surface area contributed by atoms with Crippen LogP contribution in [0, 0.1) is 5.92 Å². The lowest BCUT2D eigenvalue weighted by Crippen LogP contribution is -2.28. The van der Waals surface area contributed by atoms with E-state index in [1.807, 2.05) is 71.6 Å². The van der Waals surface area contributed by atoms with Crippen LogP contribution < -0.4 is 15.0 Å². The van der Waals surface area contributed by atoms with Crippen LogP contribution in [0.3, 0.4) is 0 Å². The van der Waals surface area contributed by atoms with Crippen LogP contribution in [0.2, 0.25) is 0 Å². The second-order valence-electron chi connectivity index (χ2n) is 6.74. The van der Waals surface area contributed by atoms with E-state index in [1.54, 1.807) is 18.1 Å². The van der Waals surface area contributed by atoms with E-state index in [0.29, 0.717) is 18.0 Å². The Bertz CT molecular complexity index is 998. The molecule has 1 saturated heterocycles. The molecular weight excluding hydrogens is 354 g/mol. The van der Waals surface area contributed by atoms with Gasteiger partial charge in [0.1, 0.15) is 5.75 Å². The summed E-state index contributed by atoms with van der Waals surface area (Å²) in [7, 11) is 1.59. The molecule has 2 aromatic carbocycles. The Morgan fingerprint density at radius 1 is 1.04 bits per heavy atom. The first-order valence-corrected chi connectivity index (χ1v) is 9.13. The van der Waals surface area contributed by atoms with Crippen LogP contribution in [0.15, 0.2) is 73.1 Å². The van der Waals surface area contributed by atoms with Gasteiger partial charge in [-0.05, 0) is 42.5 Å². The Balaban J connectivity index is 1.46. The Morgan fingerprint density at radius 2 is 1.79 bits per heavy atom. The molecule has 28 heavy (non-hydrogen) atoms. The first-order valence-electron chi connectivity index (χ1n) is 9.13. The van der Waals surface area contributed by atoms with Gasteiger partial charge in [0.2, 0.25) is 11.8 Å². The van der Waals surface area contributed by atoms with Crippen LogP contribution in [-0.4, -0.2) is 30.0 Å². The standard InChI is InChI=1S/C22H21N3O3/c1-28-20-9-5-8-19(14-20)25-15-16(12-21(25)26)22(27)23-17-6-4-7-18(13-17)24-10-2-3-11-24/h2-11,13-14,16H,12,15H2,1H3,(H,23,27). The average Bonchev–Trinajstić information content (AvgIpc) is 3.38. The lowest BCUT2D eigenvalue weighted by Gasteiger charge is -2.17. The second-order valence-corrected chi connectivity index (χ2v) is 6.74. The van der Waals surface area contributed by atoms with Crippen molar-refractivity contribution in [2.45, 2.75) is 6.42 Å². The van der Waals surface area contributed by atoms with Gasteiger partial charge in [0, 0.05) is 48.5 Å². The van der Waals surface area contributed by atoms with Gasteiger partial charge >= 0.3 is 0 Å². The first kappa shape index (κ1) is 17.9. The number of methoxy groups -OCH3 is 1. The van der Waals surface area contributed by atoms with Crippen molar-refractivity contribution in [2.75, 3.05) is 23.9 Å². The minimum Gasteiger partial charge on any atom is -0.497 e. The van der Waals surface area contributed by atoms with Gasteiger partial charge in [0.25, 0.3) is 0 Å². The van der Waals surface area contributed by atoms with Crippen LogP contribution in [0.5, 0.6) is 5.75 Å². The smallest absolute Gasteiger partial charge is 0.229 e. The molecule has 1 aliphatic heterocycles. The number of benzene rings is 2. The summed E-state index contributed by atoms with van der Waals surface area (Å²) in [6.07, 6.45) is 4.09. The summed E-state index contributed by atoms with van der Waals surface area (Å²) in [6.45, 7) is 0.356. The zero-order chi connectivity index (χ0) is 19.5. The Kier molecular flexibility index (Phi) is 4.85. The monoisotopic (exact) mass is 375 g/mol. The van der Waals surface area contributed by atoms with Gasteiger partial charge in [-0.25, -0.2) is 0 Å². The van der Waals surface area contributed by atoms with E-state index in [-0.39, 0.29) is 18.2 Å². The van der Waals surface area contributed by atoms with Gasteiger partial charge in [-0.3, -0.25) is 9.59 Å². The summed E-state index contributed by atoms with van der Waals surface area (Å²) >= 11 is 0. The predicted molar refractivity (Wildman–Crippen MR) is 108 cm³/mol. The molecule has 1 fully saturated rings. The zero-order valence-corrected chi connectivity index (χ0v) is 15.5. The van der Waals surface area contributed by atoms with Crippen molar-refractivity contribution in [3.63, 3.8) is 0 Å². The number of ether oxygens (including phenoxy) is 1. The van der Waals surface area contributed by atoms with Crippen molar-refractivity contribution in [1.29, 1.82) is 0 Å². The number of nitrogens with one attached hydrogen (secondary N) is 1. The molecular formula is C22H21N3O3. The fourth-order valence-corrected chi connectivity index (χ4v) is 3.41. The fraction of sp³-hybridized carbons (Fsp3) is 0.182. The number of rotatable bonds is 5. The maximum atomic E-state index is 12.7. The van der Waals surface area contributed by atoms with Crippen LogP contribution in [-0.2, 0) is 9.59 Å². The van der Waals surface area contributed by atoms with Crippen LogP contribution in [0.25, 0.3) is 5.69 Å². The molecule has 0 radical (unpaired) electrons. The number of carbonyl (C=O) groups is 2. The third-order valence-electron chi connectivity index (χ3n) is 4.88. The van der Waals surface area contributed by atoms with E-state index in [0.717, 1.165) is 11.4 Å². The molecule has 1 aromatic heterocycles. The maximum Gasteiger partial charge on any atom is 0.229 e. The molecule has 2 heterocycles. The van der Waals surface area contributed by atoms with Gasteiger partial charge in [0.05, 0.1) is 13.0 Å². The quantitative estimate of drug-likeness (QED) is 0.743. The van der Waals surface area contributed by atoms with Crippen molar-refractivity contribution in [3.05, 3.63) is 73.1 Å². The SMILES string of the molecule is COc1cccc(N2CC(C(=O)Nc3cccc(-n4cccc4)c3)CC2=O)c1. The molecule has 0 spiro atoms. The topological polar surface area (TPSA) is 63.6 Å². The number of amides is 2. The summed E-state index contributed by atoms with van der Waals surface area (Å²) < 4.78 is 7.20. The molecule has 0 aliphatic carbocycles. The molecule has 4 rings (SSSR count). The summed E-state index contributed by atoms with van der Waals surface area (Å²) in [4.78, 5) is 26.8. The van der Waals surface area contributed by atoms with Crippen LogP contribution in [0.4, 0.5) is 11.4 Å². The number of carbonyl (C=O) groups excluding carboxylic acids is 2. The highest BCUT2D eigenvalue weighted by Crippen LogP contribution is 2.28. The molecule has 0 bridgehead atoms.